The van der Waals surface area contributed by atoms with Gasteiger partial charge < -0.3 is 15.7 Å². The van der Waals surface area contributed by atoms with Crippen LogP contribution in [0.5, 0.6) is 0 Å². The minimum Gasteiger partial charge on any atom is -0.386 e. The second kappa shape index (κ2) is 7.51. The highest BCUT2D eigenvalue weighted by Gasteiger charge is 2.16. The van der Waals surface area contributed by atoms with Crippen LogP contribution in [0, 0.1) is 5.41 Å². The third-order valence-corrected chi connectivity index (χ3v) is 4.52. The lowest BCUT2D eigenvalue weighted by Gasteiger charge is -2.05. The molecular weight excluding hydrogens is 354 g/mol. The molecule has 0 unspecified atom stereocenters. The van der Waals surface area contributed by atoms with E-state index in [-0.39, 0.29) is 5.56 Å². The Morgan fingerprint density at radius 3 is 2.89 bits per heavy atom. The lowest BCUT2D eigenvalue weighted by Crippen LogP contribution is -2.23. The summed E-state index contributed by atoms with van der Waals surface area (Å²) in [5, 5.41) is 11.0. The molecule has 4 aromatic rings. The molecule has 0 fully saturated rings. The van der Waals surface area contributed by atoms with Gasteiger partial charge in [0.1, 0.15) is 5.82 Å². The smallest absolute Gasteiger partial charge is 0.280 e. The van der Waals surface area contributed by atoms with E-state index in [2.05, 4.69) is 20.3 Å². The predicted molar refractivity (Wildman–Crippen MR) is 109 cm³/mol. The Kier molecular flexibility index (Phi) is 4.76. The van der Waals surface area contributed by atoms with E-state index in [1.54, 1.807) is 27.6 Å². The van der Waals surface area contributed by atoms with Crippen LogP contribution in [0.4, 0.5) is 0 Å². The molecule has 0 radical (unpaired) electrons. The van der Waals surface area contributed by atoms with Crippen molar-refractivity contribution >= 4 is 28.7 Å². The van der Waals surface area contributed by atoms with Gasteiger partial charge in [0.05, 0.1) is 5.57 Å². The van der Waals surface area contributed by atoms with Gasteiger partial charge in [0.2, 0.25) is 5.78 Å². The fourth-order valence-electron chi connectivity index (χ4n) is 3.19. The van der Waals surface area contributed by atoms with Gasteiger partial charge in [-0.2, -0.15) is 0 Å². The molecule has 8 nitrogen and oxygen atoms in total. The molecule has 8 heteroatoms. The van der Waals surface area contributed by atoms with Crippen molar-refractivity contribution in [2.75, 3.05) is 0 Å². The predicted octanol–water partition coefficient (Wildman–Crippen LogP) is 2.56. The molecule has 0 spiro atoms. The SMILES string of the molecule is CCCn1c(=O)c2[nH]c(/C(C=N)=C/NCc3ccccc3)nc2n2ccnc12. The normalized spacial score (nSPS) is 12.0. The fraction of sp³-hybridized carbons (Fsp3) is 0.200. The van der Waals surface area contributed by atoms with Crippen LogP contribution < -0.4 is 10.9 Å². The minimum absolute atomic E-state index is 0.157. The molecule has 0 bridgehead atoms. The second-order valence-electron chi connectivity index (χ2n) is 6.45. The lowest BCUT2D eigenvalue weighted by molar-refractivity contribution is 0.663. The minimum atomic E-state index is -0.157. The number of hydrogen-bond donors (Lipinski definition) is 3. The molecule has 0 saturated heterocycles. The Hall–Kier alpha value is -3.68. The van der Waals surface area contributed by atoms with Gasteiger partial charge in [-0.05, 0) is 12.0 Å². The molecule has 0 atom stereocenters. The van der Waals surface area contributed by atoms with Crippen LogP contribution in [0.2, 0.25) is 0 Å². The fourth-order valence-corrected chi connectivity index (χ4v) is 3.19. The van der Waals surface area contributed by atoms with Crippen molar-refractivity contribution in [3.05, 3.63) is 70.7 Å². The first-order chi connectivity index (χ1) is 13.7. The van der Waals surface area contributed by atoms with E-state index < -0.39 is 0 Å². The number of fused-ring (bicyclic) bond motifs is 3. The number of aromatic amines is 1. The summed E-state index contributed by atoms with van der Waals surface area (Å²) in [6.07, 6.45) is 7.21. The second-order valence-corrected chi connectivity index (χ2v) is 6.45. The Balaban J connectivity index is 1.73. The van der Waals surface area contributed by atoms with Gasteiger partial charge in [0.15, 0.2) is 11.2 Å². The molecule has 0 aliphatic carbocycles. The number of nitrogens with zero attached hydrogens (tertiary/aromatic N) is 4. The first-order valence-electron chi connectivity index (χ1n) is 9.16. The van der Waals surface area contributed by atoms with Crippen molar-refractivity contribution in [1.82, 2.24) is 29.2 Å². The summed E-state index contributed by atoms with van der Waals surface area (Å²) in [7, 11) is 0. The first-order valence-corrected chi connectivity index (χ1v) is 9.16. The third kappa shape index (κ3) is 3.09. The number of aromatic nitrogens is 5. The number of rotatable bonds is 7. The van der Waals surface area contributed by atoms with E-state index >= 15 is 0 Å². The van der Waals surface area contributed by atoms with Crippen molar-refractivity contribution in [2.24, 2.45) is 0 Å². The molecule has 0 aliphatic rings. The summed E-state index contributed by atoms with van der Waals surface area (Å²) in [6, 6.07) is 9.99. The molecule has 4 rings (SSSR count). The topological polar surface area (TPSA) is 104 Å². The van der Waals surface area contributed by atoms with Gasteiger partial charge >= 0.3 is 0 Å². The van der Waals surface area contributed by atoms with Crippen molar-refractivity contribution in [3.8, 4) is 0 Å². The molecule has 1 aromatic carbocycles. The highest BCUT2D eigenvalue weighted by Crippen LogP contribution is 2.15. The third-order valence-electron chi connectivity index (χ3n) is 4.52. The number of aryl methyl sites for hydroxylation is 1. The molecular formula is C20H21N7O. The van der Waals surface area contributed by atoms with Gasteiger partial charge in [-0.3, -0.25) is 13.8 Å². The number of H-pyrrole nitrogens is 1. The van der Waals surface area contributed by atoms with Crippen LogP contribution in [0.1, 0.15) is 24.7 Å². The number of benzene rings is 1. The van der Waals surface area contributed by atoms with Gasteiger partial charge in [-0.15, -0.1) is 0 Å². The quantitative estimate of drug-likeness (QED) is 0.432. The van der Waals surface area contributed by atoms with E-state index in [0.29, 0.717) is 41.4 Å². The maximum Gasteiger partial charge on any atom is 0.280 e. The largest absolute Gasteiger partial charge is 0.386 e. The highest BCUT2D eigenvalue weighted by atomic mass is 16.1. The lowest BCUT2D eigenvalue weighted by atomic mass is 10.2. The van der Waals surface area contributed by atoms with E-state index in [1.165, 1.54) is 6.21 Å². The van der Waals surface area contributed by atoms with Crippen LogP contribution in [0.25, 0.3) is 22.5 Å². The zero-order valence-electron chi connectivity index (χ0n) is 15.5. The molecule has 0 amide bonds. The van der Waals surface area contributed by atoms with Crippen LogP contribution in [0.15, 0.2) is 53.7 Å². The number of imidazole rings is 2. The average molecular weight is 375 g/mol. The Bertz CT molecular complexity index is 1210. The Morgan fingerprint density at radius 1 is 1.32 bits per heavy atom. The summed E-state index contributed by atoms with van der Waals surface area (Å²) in [5.74, 6) is 1.03. The summed E-state index contributed by atoms with van der Waals surface area (Å²) < 4.78 is 3.44. The van der Waals surface area contributed by atoms with E-state index in [0.717, 1.165) is 12.0 Å². The molecule has 3 N–H and O–H groups in total. The molecule has 3 heterocycles. The van der Waals surface area contributed by atoms with E-state index in [4.69, 9.17) is 5.41 Å². The van der Waals surface area contributed by atoms with E-state index in [9.17, 15) is 4.79 Å². The van der Waals surface area contributed by atoms with Crippen LogP contribution in [-0.4, -0.2) is 30.1 Å². The number of hydrogen-bond acceptors (Lipinski definition) is 5. The molecule has 142 valence electrons. The zero-order chi connectivity index (χ0) is 19.5. The van der Waals surface area contributed by atoms with Crippen molar-refractivity contribution in [2.45, 2.75) is 26.4 Å². The number of allylic oxidation sites excluding steroid dienone is 1. The van der Waals surface area contributed by atoms with Crippen molar-refractivity contribution in [3.63, 3.8) is 0 Å². The van der Waals surface area contributed by atoms with Crippen LogP contribution in [-0.2, 0) is 13.1 Å². The Labute approximate surface area is 161 Å². The summed E-state index contributed by atoms with van der Waals surface area (Å²) in [5.41, 5.74) is 2.45. The maximum atomic E-state index is 12.9. The molecule has 28 heavy (non-hydrogen) atoms. The van der Waals surface area contributed by atoms with Gasteiger partial charge in [0, 0.05) is 37.9 Å². The van der Waals surface area contributed by atoms with Gasteiger partial charge in [0.25, 0.3) is 5.56 Å². The van der Waals surface area contributed by atoms with Crippen LogP contribution >= 0.6 is 0 Å². The van der Waals surface area contributed by atoms with E-state index in [1.807, 2.05) is 37.3 Å². The molecule has 3 aromatic heterocycles. The van der Waals surface area contributed by atoms with Gasteiger partial charge in [-0.25, -0.2) is 9.97 Å². The van der Waals surface area contributed by atoms with Crippen molar-refractivity contribution < 1.29 is 0 Å². The highest BCUT2D eigenvalue weighted by molar-refractivity contribution is 6.07. The molecule has 0 saturated carbocycles. The summed E-state index contributed by atoms with van der Waals surface area (Å²) >= 11 is 0. The maximum absolute atomic E-state index is 12.9. The van der Waals surface area contributed by atoms with Crippen molar-refractivity contribution in [1.29, 1.82) is 5.41 Å². The first kappa shape index (κ1) is 17.7. The zero-order valence-corrected chi connectivity index (χ0v) is 15.5. The van der Waals surface area contributed by atoms with Gasteiger partial charge in [-0.1, -0.05) is 37.3 Å². The monoisotopic (exact) mass is 375 g/mol. The summed E-state index contributed by atoms with van der Waals surface area (Å²) in [4.78, 5) is 24.9. The standard InChI is InChI=1S/C20H21N7O/c1-2-9-27-19(28)16-18(26-10-8-23-20(26)27)25-17(24-16)15(11-21)13-22-12-14-6-4-3-5-7-14/h3-8,10-11,13,21-22H,2,9,12H2,1H3,(H,24,25)/b15-13+,21-11?. The van der Waals surface area contributed by atoms with Crippen LogP contribution in [0.3, 0.4) is 0 Å². The average Bonchev–Trinajstić information content (AvgIpc) is 3.36. The number of nitrogens with one attached hydrogen (secondary N) is 3. The summed E-state index contributed by atoms with van der Waals surface area (Å²) in [6.45, 7) is 3.23. The Morgan fingerprint density at radius 2 is 2.14 bits per heavy atom. The molecule has 0 aliphatic heterocycles.